The first-order chi connectivity index (χ1) is 5.27. The summed E-state index contributed by atoms with van der Waals surface area (Å²) in [4.78, 5) is 4.64. The lowest BCUT2D eigenvalue weighted by molar-refractivity contribution is 0.126. The fourth-order valence-corrected chi connectivity index (χ4v) is 1.49. The van der Waals surface area contributed by atoms with Crippen LogP contribution in [-0.2, 0) is 0 Å². The number of hydrogen-bond donors (Lipinski definition) is 0. The van der Waals surface area contributed by atoms with Crippen LogP contribution in [0.3, 0.4) is 0 Å². The Labute approximate surface area is 69.2 Å². The summed E-state index contributed by atoms with van der Waals surface area (Å²) in [5.41, 5.74) is 0. The molecule has 0 unspecified atom stereocenters. The SMILES string of the molecule is C#C[C@H]1CN(C)CCN1CC. The third-order valence-electron chi connectivity index (χ3n) is 2.29. The molecule has 0 bridgehead atoms. The maximum Gasteiger partial charge on any atom is 0.0840 e. The minimum Gasteiger partial charge on any atom is -0.303 e. The lowest BCUT2D eigenvalue weighted by Crippen LogP contribution is -2.50. The van der Waals surface area contributed by atoms with E-state index < -0.39 is 0 Å². The lowest BCUT2D eigenvalue weighted by atomic mass is 10.2. The van der Waals surface area contributed by atoms with Crippen molar-refractivity contribution in [2.75, 3.05) is 33.2 Å². The summed E-state index contributed by atoms with van der Waals surface area (Å²) >= 11 is 0. The molecule has 0 radical (unpaired) electrons. The highest BCUT2D eigenvalue weighted by molar-refractivity contribution is 5.03. The molecule has 0 amide bonds. The molecular weight excluding hydrogens is 136 g/mol. The normalized spacial score (nSPS) is 28.3. The molecule has 1 aliphatic heterocycles. The quantitative estimate of drug-likeness (QED) is 0.497. The Balaban J connectivity index is 2.50. The van der Waals surface area contributed by atoms with Crippen molar-refractivity contribution in [3.8, 4) is 12.3 Å². The van der Waals surface area contributed by atoms with Crippen molar-refractivity contribution in [1.82, 2.24) is 9.80 Å². The van der Waals surface area contributed by atoms with E-state index in [0.717, 1.165) is 26.2 Å². The van der Waals surface area contributed by atoms with Gasteiger partial charge in [0, 0.05) is 19.6 Å². The number of terminal acetylenes is 1. The van der Waals surface area contributed by atoms with Crippen LogP contribution >= 0.6 is 0 Å². The highest BCUT2D eigenvalue weighted by Gasteiger charge is 2.21. The average Bonchev–Trinajstić information content (AvgIpc) is 2.04. The topological polar surface area (TPSA) is 6.48 Å². The second kappa shape index (κ2) is 3.75. The summed E-state index contributed by atoms with van der Waals surface area (Å²) in [6.07, 6.45) is 5.41. The van der Waals surface area contributed by atoms with E-state index in [0.29, 0.717) is 6.04 Å². The van der Waals surface area contributed by atoms with Gasteiger partial charge in [-0.05, 0) is 13.6 Å². The predicted octanol–water partition coefficient (Wildman–Crippen LogP) is 0.256. The standard InChI is InChI=1S/C9H16N2/c1-4-9-8-10(3)6-7-11(9)5-2/h1,9H,5-8H2,2-3H3/t9-/m0/s1. The summed E-state index contributed by atoms with van der Waals surface area (Å²) in [6.45, 7) is 6.51. The van der Waals surface area contributed by atoms with Gasteiger partial charge in [0.05, 0.1) is 6.04 Å². The van der Waals surface area contributed by atoms with Gasteiger partial charge in [0.2, 0.25) is 0 Å². The van der Waals surface area contributed by atoms with Gasteiger partial charge in [0.1, 0.15) is 0 Å². The fraction of sp³-hybridized carbons (Fsp3) is 0.778. The van der Waals surface area contributed by atoms with Gasteiger partial charge >= 0.3 is 0 Å². The summed E-state index contributed by atoms with van der Waals surface area (Å²) in [7, 11) is 2.12. The molecule has 0 aliphatic carbocycles. The van der Waals surface area contributed by atoms with Gasteiger partial charge < -0.3 is 4.90 Å². The fourth-order valence-electron chi connectivity index (χ4n) is 1.49. The Bertz CT molecular complexity index is 159. The van der Waals surface area contributed by atoms with Crippen LogP contribution in [0.15, 0.2) is 0 Å². The van der Waals surface area contributed by atoms with Crippen LogP contribution in [0.4, 0.5) is 0 Å². The van der Waals surface area contributed by atoms with Gasteiger partial charge in [0.25, 0.3) is 0 Å². The zero-order chi connectivity index (χ0) is 8.27. The van der Waals surface area contributed by atoms with Gasteiger partial charge in [-0.3, -0.25) is 4.90 Å². The van der Waals surface area contributed by atoms with Crippen LogP contribution in [0, 0.1) is 12.3 Å². The molecule has 0 N–H and O–H groups in total. The Morgan fingerprint density at radius 3 is 2.82 bits per heavy atom. The van der Waals surface area contributed by atoms with Crippen LogP contribution in [0.2, 0.25) is 0 Å². The number of likely N-dealkylation sites (N-methyl/N-ethyl adjacent to an activating group) is 2. The summed E-state index contributed by atoms with van der Waals surface area (Å²) in [5.74, 6) is 2.82. The van der Waals surface area contributed by atoms with Crippen molar-refractivity contribution < 1.29 is 0 Å². The number of rotatable bonds is 1. The van der Waals surface area contributed by atoms with E-state index in [1.165, 1.54) is 0 Å². The van der Waals surface area contributed by atoms with Gasteiger partial charge in [-0.15, -0.1) is 6.42 Å². The molecule has 1 saturated heterocycles. The largest absolute Gasteiger partial charge is 0.303 e. The second-order valence-electron chi connectivity index (χ2n) is 3.07. The van der Waals surface area contributed by atoms with Crippen molar-refractivity contribution in [2.24, 2.45) is 0 Å². The van der Waals surface area contributed by atoms with Crippen molar-refractivity contribution in [3.05, 3.63) is 0 Å². The molecular formula is C9H16N2. The van der Waals surface area contributed by atoms with Gasteiger partial charge in [-0.1, -0.05) is 12.8 Å². The molecule has 1 fully saturated rings. The summed E-state index contributed by atoms with van der Waals surface area (Å²) in [6, 6.07) is 0.332. The first kappa shape index (κ1) is 8.58. The maximum absolute atomic E-state index is 5.41. The molecule has 1 atom stereocenters. The van der Waals surface area contributed by atoms with Crippen molar-refractivity contribution in [1.29, 1.82) is 0 Å². The molecule has 0 aromatic carbocycles. The minimum atomic E-state index is 0.332. The number of hydrogen-bond acceptors (Lipinski definition) is 2. The molecule has 11 heavy (non-hydrogen) atoms. The Hall–Kier alpha value is -0.520. The van der Waals surface area contributed by atoms with Crippen LogP contribution in [0.5, 0.6) is 0 Å². The van der Waals surface area contributed by atoms with E-state index in [1.807, 2.05) is 0 Å². The van der Waals surface area contributed by atoms with Crippen LogP contribution in [0.1, 0.15) is 6.92 Å². The van der Waals surface area contributed by atoms with E-state index in [4.69, 9.17) is 6.42 Å². The molecule has 0 aromatic heterocycles. The molecule has 2 nitrogen and oxygen atoms in total. The van der Waals surface area contributed by atoms with E-state index >= 15 is 0 Å². The Morgan fingerprint density at radius 1 is 1.55 bits per heavy atom. The number of nitrogens with zero attached hydrogens (tertiary/aromatic N) is 2. The highest BCUT2D eigenvalue weighted by Crippen LogP contribution is 2.06. The lowest BCUT2D eigenvalue weighted by Gasteiger charge is -2.36. The molecule has 0 spiro atoms. The van der Waals surface area contributed by atoms with Crippen molar-refractivity contribution >= 4 is 0 Å². The number of piperazine rings is 1. The highest BCUT2D eigenvalue weighted by atomic mass is 15.3. The maximum atomic E-state index is 5.41. The Kier molecular flexibility index (Phi) is 2.92. The van der Waals surface area contributed by atoms with Crippen LogP contribution < -0.4 is 0 Å². The zero-order valence-corrected chi connectivity index (χ0v) is 7.38. The Morgan fingerprint density at radius 2 is 2.27 bits per heavy atom. The first-order valence-corrected chi connectivity index (χ1v) is 4.16. The van der Waals surface area contributed by atoms with Crippen LogP contribution in [0.25, 0.3) is 0 Å². The minimum absolute atomic E-state index is 0.332. The van der Waals surface area contributed by atoms with Crippen LogP contribution in [-0.4, -0.2) is 49.1 Å². The predicted molar refractivity (Wildman–Crippen MR) is 47.4 cm³/mol. The molecule has 1 rings (SSSR count). The van der Waals surface area contributed by atoms with Crippen molar-refractivity contribution in [2.45, 2.75) is 13.0 Å². The average molecular weight is 152 g/mol. The monoisotopic (exact) mass is 152 g/mol. The first-order valence-electron chi connectivity index (χ1n) is 4.16. The van der Waals surface area contributed by atoms with Crippen molar-refractivity contribution in [3.63, 3.8) is 0 Å². The van der Waals surface area contributed by atoms with Gasteiger partial charge in [-0.2, -0.15) is 0 Å². The zero-order valence-electron chi connectivity index (χ0n) is 7.38. The molecule has 0 saturated carbocycles. The molecule has 2 heteroatoms. The smallest absolute Gasteiger partial charge is 0.0840 e. The van der Waals surface area contributed by atoms with E-state index in [2.05, 4.69) is 29.7 Å². The van der Waals surface area contributed by atoms with Gasteiger partial charge in [-0.25, -0.2) is 0 Å². The summed E-state index contributed by atoms with van der Waals surface area (Å²) in [5, 5.41) is 0. The third kappa shape index (κ3) is 1.95. The van der Waals surface area contributed by atoms with E-state index in [1.54, 1.807) is 0 Å². The molecule has 0 aromatic rings. The molecule has 1 heterocycles. The van der Waals surface area contributed by atoms with E-state index in [9.17, 15) is 0 Å². The third-order valence-corrected chi connectivity index (χ3v) is 2.29. The van der Waals surface area contributed by atoms with Gasteiger partial charge in [0.15, 0.2) is 0 Å². The van der Waals surface area contributed by atoms with E-state index in [-0.39, 0.29) is 0 Å². The summed E-state index contributed by atoms with van der Waals surface area (Å²) < 4.78 is 0. The second-order valence-corrected chi connectivity index (χ2v) is 3.07. The molecule has 62 valence electrons. The molecule has 1 aliphatic rings.